The molecule has 2 aliphatic heterocycles. The lowest BCUT2D eigenvalue weighted by molar-refractivity contribution is -0.138. The average molecular weight is 463 g/mol. The van der Waals surface area contributed by atoms with Gasteiger partial charge in [0.25, 0.3) is 5.91 Å². The van der Waals surface area contributed by atoms with Crippen molar-refractivity contribution in [2.75, 3.05) is 13.1 Å². The molecule has 8 nitrogen and oxygen atoms in total. The number of nitrogens with one attached hydrogen (secondary N) is 2. The zero-order valence-electron chi connectivity index (χ0n) is 19.5. The first-order valence-corrected chi connectivity index (χ1v) is 11.7. The number of hydrogen-bond acceptors (Lipinski definition) is 6. The van der Waals surface area contributed by atoms with Gasteiger partial charge in [0, 0.05) is 37.0 Å². The van der Waals surface area contributed by atoms with Gasteiger partial charge < -0.3 is 15.5 Å². The van der Waals surface area contributed by atoms with Crippen molar-refractivity contribution in [1.29, 1.82) is 0 Å². The SMILES string of the molecule is CCCC(NC(=O)c1ccc(C)cc1)C(=O)N1CC(C(=O)Cc2cccnc2)C2NCC(=O)C21. The van der Waals surface area contributed by atoms with E-state index in [1.165, 1.54) is 4.90 Å². The third-order valence-electron chi connectivity index (χ3n) is 6.64. The Morgan fingerprint density at radius 1 is 1.21 bits per heavy atom. The summed E-state index contributed by atoms with van der Waals surface area (Å²) in [6.07, 6.45) is 4.62. The summed E-state index contributed by atoms with van der Waals surface area (Å²) in [5, 5.41) is 6.00. The largest absolute Gasteiger partial charge is 0.340 e. The number of carbonyl (C=O) groups excluding carboxylic acids is 4. The molecule has 1 aromatic heterocycles. The van der Waals surface area contributed by atoms with Crippen LogP contribution in [-0.4, -0.2) is 64.5 Å². The van der Waals surface area contributed by atoms with Crippen LogP contribution in [0, 0.1) is 12.8 Å². The van der Waals surface area contributed by atoms with Crippen molar-refractivity contribution in [2.24, 2.45) is 5.92 Å². The van der Waals surface area contributed by atoms with Gasteiger partial charge in [0.05, 0.1) is 12.5 Å². The fourth-order valence-corrected chi connectivity index (χ4v) is 4.86. The van der Waals surface area contributed by atoms with Gasteiger partial charge in [0.1, 0.15) is 17.9 Å². The molecule has 2 aromatic rings. The van der Waals surface area contributed by atoms with E-state index < -0.39 is 24.0 Å². The van der Waals surface area contributed by atoms with Gasteiger partial charge in [-0.05, 0) is 37.1 Å². The molecule has 2 N–H and O–H groups in total. The molecule has 178 valence electrons. The molecule has 2 aliphatic rings. The number of aromatic nitrogens is 1. The van der Waals surface area contributed by atoms with Crippen LogP contribution in [0.5, 0.6) is 0 Å². The molecule has 0 spiro atoms. The predicted molar refractivity (Wildman–Crippen MR) is 126 cm³/mol. The summed E-state index contributed by atoms with van der Waals surface area (Å²) in [6, 6.07) is 8.89. The summed E-state index contributed by atoms with van der Waals surface area (Å²) < 4.78 is 0. The minimum atomic E-state index is -0.764. The quantitative estimate of drug-likeness (QED) is 0.615. The molecule has 2 saturated heterocycles. The summed E-state index contributed by atoms with van der Waals surface area (Å²) in [5.74, 6) is -1.27. The predicted octanol–water partition coefficient (Wildman–Crippen LogP) is 1.47. The Balaban J connectivity index is 1.51. The van der Waals surface area contributed by atoms with Crippen LogP contribution >= 0.6 is 0 Å². The van der Waals surface area contributed by atoms with Crippen molar-refractivity contribution in [1.82, 2.24) is 20.5 Å². The van der Waals surface area contributed by atoms with Crippen molar-refractivity contribution in [3.8, 4) is 0 Å². The van der Waals surface area contributed by atoms with E-state index in [1.54, 1.807) is 30.6 Å². The number of Topliss-reactive ketones (excluding diaryl/α,β-unsaturated/α-hetero) is 2. The van der Waals surface area contributed by atoms with Gasteiger partial charge in [-0.2, -0.15) is 0 Å². The number of benzene rings is 1. The van der Waals surface area contributed by atoms with E-state index in [-0.39, 0.29) is 42.9 Å². The highest BCUT2D eigenvalue weighted by Crippen LogP contribution is 2.30. The molecular weight excluding hydrogens is 432 g/mol. The first-order valence-electron chi connectivity index (χ1n) is 11.7. The Hall–Kier alpha value is -3.39. The normalized spacial score (nSPS) is 22.4. The highest BCUT2D eigenvalue weighted by atomic mass is 16.2. The van der Waals surface area contributed by atoms with E-state index >= 15 is 0 Å². The van der Waals surface area contributed by atoms with E-state index in [9.17, 15) is 19.2 Å². The molecule has 0 bridgehead atoms. The number of carbonyl (C=O) groups is 4. The third-order valence-corrected chi connectivity index (χ3v) is 6.64. The Labute approximate surface area is 199 Å². The summed E-state index contributed by atoms with van der Waals surface area (Å²) in [5.41, 5.74) is 2.31. The second kappa shape index (κ2) is 10.3. The number of amides is 2. The number of nitrogens with zero attached hydrogens (tertiary/aromatic N) is 2. The van der Waals surface area contributed by atoms with Crippen LogP contribution in [0.2, 0.25) is 0 Å². The first kappa shape index (κ1) is 23.8. The van der Waals surface area contributed by atoms with Crippen LogP contribution < -0.4 is 10.6 Å². The van der Waals surface area contributed by atoms with Gasteiger partial charge in [-0.15, -0.1) is 0 Å². The van der Waals surface area contributed by atoms with Crippen LogP contribution in [0.3, 0.4) is 0 Å². The monoisotopic (exact) mass is 462 g/mol. The topological polar surface area (TPSA) is 108 Å². The highest BCUT2D eigenvalue weighted by Gasteiger charge is 2.53. The molecule has 2 fully saturated rings. The van der Waals surface area contributed by atoms with E-state index in [2.05, 4.69) is 15.6 Å². The van der Waals surface area contributed by atoms with E-state index in [4.69, 9.17) is 0 Å². The maximum absolute atomic E-state index is 13.6. The summed E-state index contributed by atoms with van der Waals surface area (Å²) in [7, 11) is 0. The van der Waals surface area contributed by atoms with Crippen LogP contribution in [0.25, 0.3) is 0 Å². The highest BCUT2D eigenvalue weighted by molar-refractivity contribution is 6.00. The molecule has 1 aromatic carbocycles. The van der Waals surface area contributed by atoms with Crippen molar-refractivity contribution in [2.45, 2.75) is 51.2 Å². The molecule has 4 rings (SSSR count). The number of ketones is 2. The van der Waals surface area contributed by atoms with Gasteiger partial charge in [-0.3, -0.25) is 24.2 Å². The van der Waals surface area contributed by atoms with Crippen LogP contribution in [-0.2, 0) is 20.8 Å². The maximum Gasteiger partial charge on any atom is 0.251 e. The van der Waals surface area contributed by atoms with E-state index in [1.807, 2.05) is 32.0 Å². The number of hydrogen-bond donors (Lipinski definition) is 2. The van der Waals surface area contributed by atoms with E-state index in [0.29, 0.717) is 18.4 Å². The summed E-state index contributed by atoms with van der Waals surface area (Å²) >= 11 is 0. The number of aryl methyl sites for hydroxylation is 1. The second-order valence-electron chi connectivity index (χ2n) is 9.10. The molecule has 8 heteroatoms. The minimum Gasteiger partial charge on any atom is -0.340 e. The summed E-state index contributed by atoms with van der Waals surface area (Å²) in [4.78, 5) is 57.8. The fourth-order valence-electron chi connectivity index (χ4n) is 4.86. The number of likely N-dealkylation sites (tertiary alicyclic amines) is 1. The molecular formula is C26H30N4O4. The molecule has 34 heavy (non-hydrogen) atoms. The maximum atomic E-state index is 13.6. The fraction of sp³-hybridized carbons (Fsp3) is 0.423. The van der Waals surface area contributed by atoms with Gasteiger partial charge >= 0.3 is 0 Å². The smallest absolute Gasteiger partial charge is 0.251 e. The van der Waals surface area contributed by atoms with Crippen LogP contribution in [0.4, 0.5) is 0 Å². The molecule has 2 amide bonds. The average Bonchev–Trinajstić information content (AvgIpc) is 3.40. The zero-order valence-corrected chi connectivity index (χ0v) is 19.5. The van der Waals surface area contributed by atoms with Crippen molar-refractivity contribution >= 4 is 23.4 Å². The molecule has 4 unspecified atom stereocenters. The molecule has 0 saturated carbocycles. The van der Waals surface area contributed by atoms with Crippen molar-refractivity contribution in [3.05, 3.63) is 65.5 Å². The van der Waals surface area contributed by atoms with Crippen LogP contribution in [0.1, 0.15) is 41.3 Å². The van der Waals surface area contributed by atoms with Crippen LogP contribution in [0.15, 0.2) is 48.8 Å². The number of rotatable bonds is 8. The molecule has 4 atom stereocenters. The van der Waals surface area contributed by atoms with Crippen molar-refractivity contribution in [3.63, 3.8) is 0 Å². The van der Waals surface area contributed by atoms with Gasteiger partial charge in [-0.1, -0.05) is 37.1 Å². The van der Waals surface area contributed by atoms with Gasteiger partial charge in [0.15, 0.2) is 5.78 Å². The zero-order chi connectivity index (χ0) is 24.2. The Morgan fingerprint density at radius 2 is 1.97 bits per heavy atom. The van der Waals surface area contributed by atoms with Gasteiger partial charge in [-0.25, -0.2) is 0 Å². The Morgan fingerprint density at radius 3 is 2.65 bits per heavy atom. The standard InChI is InChI=1S/C26H30N4O4/c1-3-5-20(29-25(33)18-9-7-16(2)8-10-18)26(34)30-15-19(23-24(30)22(32)14-28-23)21(31)12-17-6-4-11-27-13-17/h4,6-11,13,19-20,23-24,28H,3,5,12,14-15H2,1-2H3,(H,29,33). The van der Waals surface area contributed by atoms with Crippen molar-refractivity contribution < 1.29 is 19.2 Å². The Bertz CT molecular complexity index is 1070. The minimum absolute atomic E-state index is 0.0313. The lowest BCUT2D eigenvalue weighted by atomic mass is 9.92. The molecule has 3 heterocycles. The number of fused-ring (bicyclic) bond motifs is 1. The molecule has 0 radical (unpaired) electrons. The molecule has 0 aliphatic carbocycles. The number of pyridine rings is 1. The lowest BCUT2D eigenvalue weighted by Crippen LogP contribution is -2.52. The third kappa shape index (κ3) is 4.92. The second-order valence-corrected chi connectivity index (χ2v) is 9.10. The van der Waals surface area contributed by atoms with Gasteiger partial charge in [0.2, 0.25) is 5.91 Å². The first-order chi connectivity index (χ1) is 16.4. The lowest BCUT2D eigenvalue weighted by Gasteiger charge is -2.27. The van der Waals surface area contributed by atoms with E-state index in [0.717, 1.165) is 11.1 Å². The Kier molecular flexibility index (Phi) is 7.17. The summed E-state index contributed by atoms with van der Waals surface area (Å²) in [6.45, 7) is 4.16.